The smallest absolute Gasteiger partial charge is 0.191 e. The average Bonchev–Trinajstić information content (AvgIpc) is 3.44. The van der Waals surface area contributed by atoms with Gasteiger partial charge in [-0.3, -0.25) is 4.57 Å². The third kappa shape index (κ3) is 5.20. The summed E-state index contributed by atoms with van der Waals surface area (Å²) in [6.45, 7) is 6.91. The number of aryl methyl sites for hydroxylation is 1. The zero-order valence-electron chi connectivity index (χ0n) is 18.0. The molecule has 8 heteroatoms. The first-order chi connectivity index (χ1) is 15.7. The van der Waals surface area contributed by atoms with Crippen LogP contribution in [0.3, 0.4) is 0 Å². The van der Waals surface area contributed by atoms with E-state index in [0.29, 0.717) is 13.2 Å². The van der Waals surface area contributed by atoms with E-state index in [1.807, 2.05) is 47.0 Å². The molecule has 2 aromatic carbocycles. The Labute approximate surface area is 196 Å². The first-order valence-corrected chi connectivity index (χ1v) is 12.0. The molecule has 4 rings (SSSR count). The van der Waals surface area contributed by atoms with Gasteiger partial charge in [-0.2, -0.15) is 0 Å². The van der Waals surface area contributed by atoms with Gasteiger partial charge in [0, 0.05) is 23.2 Å². The van der Waals surface area contributed by atoms with Crippen molar-refractivity contribution < 1.29 is 9.47 Å². The highest BCUT2D eigenvalue weighted by Gasteiger charge is 2.14. The van der Waals surface area contributed by atoms with Crippen molar-refractivity contribution >= 4 is 23.1 Å². The van der Waals surface area contributed by atoms with Crippen molar-refractivity contribution in [3.05, 3.63) is 83.6 Å². The van der Waals surface area contributed by atoms with Crippen LogP contribution in [0.4, 0.5) is 0 Å². The van der Waals surface area contributed by atoms with Gasteiger partial charge in [0.1, 0.15) is 23.1 Å². The van der Waals surface area contributed by atoms with E-state index in [2.05, 4.69) is 41.2 Å². The average molecular weight is 465 g/mol. The molecule has 0 fully saturated rings. The predicted molar refractivity (Wildman–Crippen MR) is 129 cm³/mol. The minimum Gasteiger partial charge on any atom is -0.497 e. The molecule has 0 unspecified atom stereocenters. The van der Waals surface area contributed by atoms with Crippen molar-refractivity contribution in [2.75, 3.05) is 7.11 Å². The number of hydrogen-bond acceptors (Lipinski definition) is 7. The molecule has 0 spiro atoms. The van der Waals surface area contributed by atoms with E-state index in [-0.39, 0.29) is 0 Å². The summed E-state index contributed by atoms with van der Waals surface area (Å²) in [5.74, 6) is 3.01. The van der Waals surface area contributed by atoms with Crippen molar-refractivity contribution in [2.45, 2.75) is 31.0 Å². The summed E-state index contributed by atoms with van der Waals surface area (Å²) in [5.41, 5.74) is 3.44. The molecule has 0 saturated carbocycles. The van der Waals surface area contributed by atoms with Crippen molar-refractivity contribution in [2.24, 2.45) is 0 Å². The lowest BCUT2D eigenvalue weighted by atomic mass is 10.1. The fourth-order valence-corrected chi connectivity index (χ4v) is 4.99. The molecule has 0 bridgehead atoms. The highest BCUT2D eigenvalue weighted by atomic mass is 32.2. The standard InChI is InChI=1S/C24H24N4O2S2/c1-4-13-28-22(14-30-20-11-9-19(29-3)10-12-20)26-27-24(28)32-16-18-15-31-23(25-18)21-8-6-5-7-17(21)2/h4-12,15H,1,13-14,16H2,2-3H3. The molecular formula is C24H24N4O2S2. The van der Waals surface area contributed by atoms with E-state index in [1.54, 1.807) is 30.2 Å². The summed E-state index contributed by atoms with van der Waals surface area (Å²) in [7, 11) is 1.64. The lowest BCUT2D eigenvalue weighted by molar-refractivity contribution is 0.288. The lowest BCUT2D eigenvalue weighted by Crippen LogP contribution is -2.07. The number of allylic oxidation sites excluding steroid dienone is 1. The van der Waals surface area contributed by atoms with E-state index in [1.165, 1.54) is 11.1 Å². The summed E-state index contributed by atoms with van der Waals surface area (Å²) in [5, 5.41) is 12.7. The molecule has 0 aliphatic carbocycles. The zero-order valence-corrected chi connectivity index (χ0v) is 19.7. The van der Waals surface area contributed by atoms with Gasteiger partial charge in [0.25, 0.3) is 0 Å². The second-order valence-electron chi connectivity index (χ2n) is 7.01. The summed E-state index contributed by atoms with van der Waals surface area (Å²) in [4.78, 5) is 4.81. The Morgan fingerprint density at radius 2 is 1.88 bits per heavy atom. The molecule has 0 aliphatic rings. The van der Waals surface area contributed by atoms with Gasteiger partial charge in [-0.15, -0.1) is 28.1 Å². The van der Waals surface area contributed by atoms with Crippen LogP contribution in [0, 0.1) is 6.92 Å². The molecule has 0 atom stereocenters. The predicted octanol–water partition coefficient (Wildman–Crippen LogP) is 5.78. The number of ether oxygens (including phenoxy) is 2. The molecule has 4 aromatic rings. The molecule has 0 aliphatic heterocycles. The Kier molecular flexibility index (Phi) is 7.24. The van der Waals surface area contributed by atoms with Crippen LogP contribution in [0.15, 0.2) is 71.7 Å². The zero-order chi connectivity index (χ0) is 22.3. The van der Waals surface area contributed by atoms with Crippen LogP contribution in [0.2, 0.25) is 0 Å². The van der Waals surface area contributed by atoms with Crippen molar-refractivity contribution in [3.8, 4) is 22.1 Å². The molecule has 2 aromatic heterocycles. The van der Waals surface area contributed by atoms with Crippen LogP contribution in [-0.4, -0.2) is 26.9 Å². The van der Waals surface area contributed by atoms with E-state index < -0.39 is 0 Å². The third-order valence-corrected chi connectivity index (χ3v) is 6.73. The number of aromatic nitrogens is 4. The van der Waals surface area contributed by atoms with Crippen molar-refractivity contribution in [1.82, 2.24) is 19.7 Å². The highest BCUT2D eigenvalue weighted by Crippen LogP contribution is 2.29. The van der Waals surface area contributed by atoms with Gasteiger partial charge in [-0.05, 0) is 36.8 Å². The van der Waals surface area contributed by atoms with Crippen LogP contribution < -0.4 is 9.47 Å². The summed E-state index contributed by atoms with van der Waals surface area (Å²) in [6.07, 6.45) is 1.84. The maximum Gasteiger partial charge on any atom is 0.191 e. The first-order valence-electron chi connectivity index (χ1n) is 10.1. The number of methoxy groups -OCH3 is 1. The minimum atomic E-state index is 0.321. The molecular weight excluding hydrogens is 440 g/mol. The molecule has 6 nitrogen and oxygen atoms in total. The van der Waals surface area contributed by atoms with E-state index in [9.17, 15) is 0 Å². The number of nitrogens with zero attached hydrogens (tertiary/aromatic N) is 4. The topological polar surface area (TPSA) is 62.1 Å². The molecule has 0 saturated heterocycles. The SMILES string of the molecule is C=CCn1c(COc2ccc(OC)cc2)nnc1SCc1csc(-c2ccccc2C)n1. The number of benzene rings is 2. The van der Waals surface area contributed by atoms with E-state index in [4.69, 9.17) is 14.5 Å². The van der Waals surface area contributed by atoms with Gasteiger partial charge in [0.15, 0.2) is 11.0 Å². The lowest BCUT2D eigenvalue weighted by Gasteiger charge is -2.09. The summed E-state index contributed by atoms with van der Waals surface area (Å²) >= 11 is 3.28. The second-order valence-corrected chi connectivity index (χ2v) is 8.81. The van der Waals surface area contributed by atoms with Gasteiger partial charge < -0.3 is 9.47 Å². The van der Waals surface area contributed by atoms with Gasteiger partial charge in [0.05, 0.1) is 12.8 Å². The Balaban J connectivity index is 1.42. The van der Waals surface area contributed by atoms with Crippen LogP contribution in [-0.2, 0) is 18.9 Å². The molecule has 2 heterocycles. The maximum absolute atomic E-state index is 5.89. The fraction of sp³-hybridized carbons (Fsp3) is 0.208. The molecule has 0 amide bonds. The fourth-order valence-electron chi connectivity index (χ4n) is 3.11. The number of hydrogen-bond donors (Lipinski definition) is 0. The minimum absolute atomic E-state index is 0.321. The van der Waals surface area contributed by atoms with Crippen LogP contribution in [0.25, 0.3) is 10.6 Å². The largest absolute Gasteiger partial charge is 0.497 e. The Morgan fingerprint density at radius 3 is 2.62 bits per heavy atom. The molecule has 32 heavy (non-hydrogen) atoms. The molecule has 164 valence electrons. The van der Waals surface area contributed by atoms with Crippen LogP contribution in [0.5, 0.6) is 11.5 Å². The van der Waals surface area contributed by atoms with Gasteiger partial charge in [-0.1, -0.05) is 42.1 Å². The van der Waals surface area contributed by atoms with Gasteiger partial charge in [-0.25, -0.2) is 4.98 Å². The third-order valence-electron chi connectivity index (χ3n) is 4.81. The first kappa shape index (κ1) is 22.1. The maximum atomic E-state index is 5.89. The number of rotatable bonds is 10. The van der Waals surface area contributed by atoms with Crippen LogP contribution >= 0.6 is 23.1 Å². The normalized spacial score (nSPS) is 10.8. The highest BCUT2D eigenvalue weighted by molar-refractivity contribution is 7.98. The second kappa shape index (κ2) is 10.5. The van der Waals surface area contributed by atoms with E-state index >= 15 is 0 Å². The van der Waals surface area contributed by atoms with Crippen molar-refractivity contribution in [3.63, 3.8) is 0 Å². The van der Waals surface area contributed by atoms with Gasteiger partial charge >= 0.3 is 0 Å². The van der Waals surface area contributed by atoms with Gasteiger partial charge in [0.2, 0.25) is 0 Å². The Morgan fingerprint density at radius 1 is 1.09 bits per heavy atom. The Bertz CT molecular complexity index is 1180. The molecule has 0 N–H and O–H groups in total. The van der Waals surface area contributed by atoms with Crippen LogP contribution in [0.1, 0.15) is 17.1 Å². The summed E-state index contributed by atoms with van der Waals surface area (Å²) < 4.78 is 13.1. The summed E-state index contributed by atoms with van der Waals surface area (Å²) in [6, 6.07) is 15.8. The Hall–Kier alpha value is -3.10. The quantitative estimate of drug-likeness (QED) is 0.219. The molecule has 0 radical (unpaired) electrons. The number of thiazole rings is 1. The van der Waals surface area contributed by atoms with E-state index in [0.717, 1.165) is 38.9 Å². The van der Waals surface area contributed by atoms with Crippen molar-refractivity contribution in [1.29, 1.82) is 0 Å². The monoisotopic (exact) mass is 464 g/mol. The number of thioether (sulfide) groups is 1.